The number of hydrogen-bond acceptors (Lipinski definition) is 1. The Morgan fingerprint density at radius 1 is 1.07 bits per heavy atom. The standard InChI is InChI=1S/C12H15ClO/c13-12-4-2-1-3-11(12)9-5-7-10(14)8-6-9/h1-4,9-10,14H,5-8H2. The molecule has 0 heterocycles. The van der Waals surface area contributed by atoms with Gasteiger partial charge in [0.05, 0.1) is 6.10 Å². The topological polar surface area (TPSA) is 20.2 Å². The monoisotopic (exact) mass is 210 g/mol. The molecular weight excluding hydrogens is 196 g/mol. The second kappa shape index (κ2) is 4.33. The predicted molar refractivity (Wildman–Crippen MR) is 58.7 cm³/mol. The van der Waals surface area contributed by atoms with Crippen molar-refractivity contribution in [2.45, 2.75) is 37.7 Å². The first kappa shape index (κ1) is 10.0. The number of hydrogen-bond donors (Lipinski definition) is 1. The third kappa shape index (κ3) is 2.10. The van der Waals surface area contributed by atoms with E-state index in [9.17, 15) is 5.11 Å². The van der Waals surface area contributed by atoms with Crippen molar-refractivity contribution < 1.29 is 5.11 Å². The van der Waals surface area contributed by atoms with E-state index >= 15 is 0 Å². The van der Waals surface area contributed by atoms with E-state index in [0.29, 0.717) is 5.92 Å². The van der Waals surface area contributed by atoms with Crippen molar-refractivity contribution in [3.05, 3.63) is 34.9 Å². The molecule has 1 aliphatic rings. The molecule has 2 heteroatoms. The fourth-order valence-corrected chi connectivity index (χ4v) is 2.48. The highest BCUT2D eigenvalue weighted by Gasteiger charge is 2.21. The van der Waals surface area contributed by atoms with Gasteiger partial charge in [0.1, 0.15) is 0 Å². The zero-order valence-electron chi connectivity index (χ0n) is 8.12. The van der Waals surface area contributed by atoms with Gasteiger partial charge < -0.3 is 5.11 Å². The minimum atomic E-state index is -0.0891. The number of rotatable bonds is 1. The Kier molecular flexibility index (Phi) is 3.09. The van der Waals surface area contributed by atoms with E-state index in [1.54, 1.807) is 0 Å². The van der Waals surface area contributed by atoms with Crippen LogP contribution in [0.4, 0.5) is 0 Å². The Balaban J connectivity index is 2.12. The molecule has 0 radical (unpaired) electrons. The summed E-state index contributed by atoms with van der Waals surface area (Å²) < 4.78 is 0. The summed E-state index contributed by atoms with van der Waals surface area (Å²) in [5.74, 6) is 0.548. The lowest BCUT2D eigenvalue weighted by Gasteiger charge is -2.26. The van der Waals surface area contributed by atoms with Crippen molar-refractivity contribution in [1.82, 2.24) is 0 Å². The lowest BCUT2D eigenvalue weighted by molar-refractivity contribution is 0.122. The van der Waals surface area contributed by atoms with Crippen LogP contribution in [0.25, 0.3) is 0 Å². The maximum Gasteiger partial charge on any atom is 0.0540 e. The molecule has 0 bridgehead atoms. The molecular formula is C12H15ClO. The van der Waals surface area contributed by atoms with Crippen LogP contribution in [0.5, 0.6) is 0 Å². The summed E-state index contributed by atoms with van der Waals surface area (Å²) in [7, 11) is 0. The molecule has 1 nitrogen and oxygen atoms in total. The summed E-state index contributed by atoms with van der Waals surface area (Å²) in [6, 6.07) is 8.04. The molecule has 0 atom stereocenters. The fraction of sp³-hybridized carbons (Fsp3) is 0.500. The van der Waals surface area contributed by atoms with Crippen LogP contribution in [0, 0.1) is 0 Å². The third-order valence-corrected chi connectivity index (χ3v) is 3.39. The Hall–Kier alpha value is -0.530. The average molecular weight is 211 g/mol. The first-order valence-corrected chi connectivity index (χ1v) is 5.57. The van der Waals surface area contributed by atoms with Crippen LogP contribution < -0.4 is 0 Å². The van der Waals surface area contributed by atoms with Gasteiger partial charge in [0.2, 0.25) is 0 Å². The van der Waals surface area contributed by atoms with Crippen LogP contribution >= 0.6 is 11.6 Å². The summed E-state index contributed by atoms with van der Waals surface area (Å²) in [6.07, 6.45) is 3.86. The second-order valence-electron chi connectivity index (χ2n) is 4.03. The quantitative estimate of drug-likeness (QED) is 0.754. The molecule has 76 valence electrons. The van der Waals surface area contributed by atoms with Gasteiger partial charge in [0.25, 0.3) is 0 Å². The maximum atomic E-state index is 9.41. The highest BCUT2D eigenvalue weighted by atomic mass is 35.5. The van der Waals surface area contributed by atoms with Crippen molar-refractivity contribution >= 4 is 11.6 Å². The van der Waals surface area contributed by atoms with E-state index in [-0.39, 0.29) is 6.10 Å². The molecule has 1 N–H and O–H groups in total. The number of aliphatic hydroxyl groups excluding tert-OH is 1. The van der Waals surface area contributed by atoms with Crippen LogP contribution in [0.3, 0.4) is 0 Å². The third-order valence-electron chi connectivity index (χ3n) is 3.04. The number of halogens is 1. The van der Waals surface area contributed by atoms with Crippen LogP contribution in [0.15, 0.2) is 24.3 Å². The van der Waals surface area contributed by atoms with Gasteiger partial charge in [-0.05, 0) is 43.2 Å². The predicted octanol–water partition coefficient (Wildman–Crippen LogP) is 3.36. The molecule has 0 aromatic heterocycles. The first-order chi connectivity index (χ1) is 6.77. The Morgan fingerprint density at radius 3 is 2.36 bits per heavy atom. The molecule has 0 saturated heterocycles. The molecule has 0 amide bonds. The van der Waals surface area contributed by atoms with E-state index < -0.39 is 0 Å². The normalized spacial score (nSPS) is 27.6. The van der Waals surface area contributed by atoms with E-state index in [2.05, 4.69) is 6.07 Å². The van der Waals surface area contributed by atoms with Crippen LogP contribution in [0.1, 0.15) is 37.2 Å². The molecule has 1 fully saturated rings. The summed E-state index contributed by atoms with van der Waals surface area (Å²) >= 11 is 6.13. The summed E-state index contributed by atoms with van der Waals surface area (Å²) in [4.78, 5) is 0. The smallest absolute Gasteiger partial charge is 0.0540 e. The number of benzene rings is 1. The van der Waals surface area contributed by atoms with Gasteiger partial charge in [0, 0.05) is 5.02 Å². The van der Waals surface area contributed by atoms with Crippen molar-refractivity contribution in [2.75, 3.05) is 0 Å². The van der Waals surface area contributed by atoms with Gasteiger partial charge in [0.15, 0.2) is 0 Å². The zero-order chi connectivity index (χ0) is 9.97. The van der Waals surface area contributed by atoms with Gasteiger partial charge in [-0.15, -0.1) is 0 Å². The second-order valence-corrected chi connectivity index (χ2v) is 4.43. The van der Waals surface area contributed by atoms with Crippen molar-refractivity contribution in [1.29, 1.82) is 0 Å². The average Bonchev–Trinajstić information content (AvgIpc) is 2.20. The van der Waals surface area contributed by atoms with Crippen molar-refractivity contribution in [3.8, 4) is 0 Å². The molecule has 0 aliphatic heterocycles. The van der Waals surface area contributed by atoms with Gasteiger partial charge in [-0.1, -0.05) is 29.8 Å². The van der Waals surface area contributed by atoms with Crippen molar-refractivity contribution in [3.63, 3.8) is 0 Å². The van der Waals surface area contributed by atoms with Gasteiger partial charge in [-0.2, -0.15) is 0 Å². The highest BCUT2D eigenvalue weighted by Crippen LogP contribution is 2.35. The Bertz CT molecular complexity index is 303. The largest absolute Gasteiger partial charge is 0.393 e. The zero-order valence-corrected chi connectivity index (χ0v) is 8.87. The van der Waals surface area contributed by atoms with Gasteiger partial charge in [-0.3, -0.25) is 0 Å². The molecule has 14 heavy (non-hydrogen) atoms. The minimum absolute atomic E-state index is 0.0891. The molecule has 1 saturated carbocycles. The van der Waals surface area contributed by atoms with E-state index in [1.807, 2.05) is 18.2 Å². The first-order valence-electron chi connectivity index (χ1n) is 5.20. The molecule has 0 spiro atoms. The Labute approximate surface area is 89.7 Å². The SMILES string of the molecule is OC1CCC(c2ccccc2Cl)CC1. The number of aliphatic hydroxyl groups is 1. The molecule has 1 aromatic rings. The summed E-state index contributed by atoms with van der Waals surface area (Å²) in [5.41, 5.74) is 1.25. The lowest BCUT2D eigenvalue weighted by atomic mass is 9.83. The van der Waals surface area contributed by atoms with E-state index in [1.165, 1.54) is 5.56 Å². The molecule has 1 aliphatic carbocycles. The van der Waals surface area contributed by atoms with Crippen LogP contribution in [0.2, 0.25) is 5.02 Å². The van der Waals surface area contributed by atoms with Crippen LogP contribution in [-0.4, -0.2) is 11.2 Å². The molecule has 2 rings (SSSR count). The summed E-state index contributed by atoms with van der Waals surface area (Å²) in [5, 5.41) is 10.3. The highest BCUT2D eigenvalue weighted by molar-refractivity contribution is 6.31. The van der Waals surface area contributed by atoms with Gasteiger partial charge >= 0.3 is 0 Å². The lowest BCUT2D eigenvalue weighted by Crippen LogP contribution is -2.17. The fourth-order valence-electron chi connectivity index (χ4n) is 2.19. The summed E-state index contributed by atoms with van der Waals surface area (Å²) in [6.45, 7) is 0. The van der Waals surface area contributed by atoms with Crippen molar-refractivity contribution in [2.24, 2.45) is 0 Å². The molecule has 0 unspecified atom stereocenters. The van der Waals surface area contributed by atoms with E-state index in [0.717, 1.165) is 30.7 Å². The van der Waals surface area contributed by atoms with Gasteiger partial charge in [-0.25, -0.2) is 0 Å². The van der Waals surface area contributed by atoms with E-state index in [4.69, 9.17) is 11.6 Å². The minimum Gasteiger partial charge on any atom is -0.393 e. The van der Waals surface area contributed by atoms with Crippen LogP contribution in [-0.2, 0) is 0 Å². The maximum absolute atomic E-state index is 9.41. The molecule has 1 aromatic carbocycles. The Morgan fingerprint density at radius 2 is 1.71 bits per heavy atom.